The molecule has 6 heteroatoms. The normalized spacial score (nSPS) is 9.53. The molecule has 0 bridgehead atoms. The van der Waals surface area contributed by atoms with E-state index in [4.69, 9.17) is 10.3 Å². The summed E-state index contributed by atoms with van der Waals surface area (Å²) in [6, 6.07) is 3.34. The fourth-order valence-corrected chi connectivity index (χ4v) is 1.39. The van der Waals surface area contributed by atoms with Crippen LogP contribution in [0.3, 0.4) is 0 Å². The van der Waals surface area contributed by atoms with Crippen molar-refractivity contribution in [1.82, 2.24) is 15.5 Å². The van der Waals surface area contributed by atoms with Crippen LogP contribution in [0.5, 0.6) is 0 Å². The Labute approximate surface area is 110 Å². The Morgan fingerprint density at radius 3 is 3.11 bits per heavy atom. The van der Waals surface area contributed by atoms with E-state index in [1.54, 1.807) is 18.3 Å². The van der Waals surface area contributed by atoms with Gasteiger partial charge in [0.1, 0.15) is 0 Å². The highest BCUT2D eigenvalue weighted by atomic mass is 16.5. The van der Waals surface area contributed by atoms with E-state index in [0.29, 0.717) is 16.9 Å². The van der Waals surface area contributed by atoms with Crippen LogP contribution in [0.2, 0.25) is 0 Å². The zero-order valence-corrected chi connectivity index (χ0v) is 10.1. The molecule has 0 saturated heterocycles. The van der Waals surface area contributed by atoms with Crippen molar-refractivity contribution in [2.45, 2.75) is 6.54 Å². The number of carbonyl (C=O) groups excluding carboxylic acids is 1. The first-order valence-corrected chi connectivity index (χ1v) is 5.61. The Balaban J connectivity index is 2.02. The van der Waals surface area contributed by atoms with E-state index in [1.165, 1.54) is 12.4 Å². The number of hydrogen-bond acceptors (Lipinski definition) is 5. The molecule has 0 aliphatic carbocycles. The number of carbonyl (C=O) groups is 1. The molecule has 0 radical (unpaired) electrons. The molecule has 0 aliphatic rings. The van der Waals surface area contributed by atoms with Crippen LogP contribution in [0, 0.1) is 11.8 Å². The number of amides is 1. The van der Waals surface area contributed by atoms with Gasteiger partial charge in [0, 0.05) is 24.0 Å². The Morgan fingerprint density at radius 1 is 1.47 bits per heavy atom. The van der Waals surface area contributed by atoms with Gasteiger partial charge in [0.25, 0.3) is 5.91 Å². The van der Waals surface area contributed by atoms with E-state index >= 15 is 0 Å². The van der Waals surface area contributed by atoms with Crippen LogP contribution >= 0.6 is 0 Å². The average Bonchev–Trinajstić information content (AvgIpc) is 2.96. The molecular weight excluding hydrogens is 244 g/mol. The topological polar surface area (TPSA) is 94.0 Å². The summed E-state index contributed by atoms with van der Waals surface area (Å²) in [7, 11) is 0. The Morgan fingerprint density at radius 2 is 2.37 bits per heavy atom. The van der Waals surface area contributed by atoms with Crippen LogP contribution in [-0.4, -0.2) is 22.6 Å². The van der Waals surface area contributed by atoms with Crippen molar-refractivity contribution in [3.05, 3.63) is 47.6 Å². The third-order valence-corrected chi connectivity index (χ3v) is 2.25. The highest BCUT2D eigenvalue weighted by Gasteiger charge is 2.07. The molecule has 3 N–H and O–H groups in total. The maximum atomic E-state index is 11.9. The summed E-state index contributed by atoms with van der Waals surface area (Å²) in [5.41, 5.74) is 6.37. The minimum Gasteiger partial charge on any atom is -0.360 e. The van der Waals surface area contributed by atoms with E-state index in [0.717, 1.165) is 0 Å². The molecule has 0 aliphatic heterocycles. The van der Waals surface area contributed by atoms with Gasteiger partial charge >= 0.3 is 0 Å². The van der Waals surface area contributed by atoms with Crippen molar-refractivity contribution in [3.8, 4) is 11.8 Å². The summed E-state index contributed by atoms with van der Waals surface area (Å²) < 4.78 is 4.88. The molecule has 2 aromatic heterocycles. The lowest BCUT2D eigenvalue weighted by Crippen LogP contribution is -2.22. The molecule has 0 saturated carbocycles. The van der Waals surface area contributed by atoms with E-state index < -0.39 is 0 Å². The molecule has 0 aromatic carbocycles. The number of rotatable bonds is 3. The molecule has 2 rings (SSSR count). The molecule has 6 nitrogen and oxygen atoms in total. The molecule has 2 heterocycles. The highest BCUT2D eigenvalue weighted by molar-refractivity contribution is 5.94. The second kappa shape index (κ2) is 6.33. The van der Waals surface area contributed by atoms with Crippen molar-refractivity contribution < 1.29 is 9.32 Å². The standard InChI is InChI=1S/C13H12N4O2/c14-4-1-2-10-6-11(8-15-7-10)13(18)16-9-12-3-5-17-19-12/h3,5-8H,4,9,14H2,(H,16,18). The lowest BCUT2D eigenvalue weighted by atomic mass is 10.2. The second-order valence-electron chi connectivity index (χ2n) is 3.63. The van der Waals surface area contributed by atoms with Crippen LogP contribution < -0.4 is 11.1 Å². The first-order chi connectivity index (χ1) is 9.29. The number of aromatic nitrogens is 2. The third-order valence-electron chi connectivity index (χ3n) is 2.25. The van der Waals surface area contributed by atoms with E-state index in [9.17, 15) is 4.79 Å². The first-order valence-electron chi connectivity index (χ1n) is 5.61. The third kappa shape index (κ3) is 3.66. The fourth-order valence-electron chi connectivity index (χ4n) is 1.39. The summed E-state index contributed by atoms with van der Waals surface area (Å²) in [6.45, 7) is 0.541. The Bertz CT molecular complexity index is 611. The van der Waals surface area contributed by atoms with Crippen LogP contribution in [0.25, 0.3) is 0 Å². The molecule has 2 aromatic rings. The average molecular weight is 256 g/mol. The summed E-state index contributed by atoms with van der Waals surface area (Å²) in [4.78, 5) is 15.8. The molecule has 19 heavy (non-hydrogen) atoms. The zero-order chi connectivity index (χ0) is 13.5. The number of nitrogens with one attached hydrogen (secondary N) is 1. The van der Waals surface area contributed by atoms with Gasteiger partial charge < -0.3 is 15.6 Å². The molecule has 96 valence electrons. The van der Waals surface area contributed by atoms with Gasteiger partial charge in [-0.05, 0) is 6.07 Å². The van der Waals surface area contributed by atoms with Gasteiger partial charge in [-0.15, -0.1) is 0 Å². The van der Waals surface area contributed by atoms with Crippen molar-refractivity contribution in [2.24, 2.45) is 5.73 Å². The van der Waals surface area contributed by atoms with Gasteiger partial charge in [0.2, 0.25) is 0 Å². The fraction of sp³-hybridized carbons (Fsp3) is 0.154. The second-order valence-corrected chi connectivity index (χ2v) is 3.63. The van der Waals surface area contributed by atoms with Crippen molar-refractivity contribution in [1.29, 1.82) is 0 Å². The minimum absolute atomic E-state index is 0.250. The predicted octanol–water partition coefficient (Wildman–Crippen LogP) is 0.310. The lowest BCUT2D eigenvalue weighted by Gasteiger charge is -2.02. The molecule has 0 spiro atoms. The first kappa shape index (κ1) is 12.8. The number of pyridine rings is 1. The number of nitrogens with two attached hydrogens (primary N) is 1. The Kier molecular flexibility index (Phi) is 4.26. The molecule has 0 atom stereocenters. The summed E-state index contributed by atoms with van der Waals surface area (Å²) in [5, 5.41) is 6.25. The van der Waals surface area contributed by atoms with Gasteiger partial charge in [0.05, 0.1) is 24.8 Å². The van der Waals surface area contributed by atoms with Crippen LogP contribution in [-0.2, 0) is 6.54 Å². The van der Waals surface area contributed by atoms with Gasteiger partial charge in [-0.25, -0.2) is 0 Å². The molecule has 1 amide bonds. The van der Waals surface area contributed by atoms with Crippen molar-refractivity contribution in [3.63, 3.8) is 0 Å². The monoisotopic (exact) mass is 256 g/mol. The number of nitrogens with zero attached hydrogens (tertiary/aromatic N) is 2. The van der Waals surface area contributed by atoms with Crippen molar-refractivity contribution >= 4 is 5.91 Å². The van der Waals surface area contributed by atoms with E-state index in [-0.39, 0.29) is 19.0 Å². The maximum absolute atomic E-state index is 11.9. The quantitative estimate of drug-likeness (QED) is 0.771. The van der Waals surface area contributed by atoms with Crippen LogP contribution in [0.1, 0.15) is 21.7 Å². The van der Waals surface area contributed by atoms with Gasteiger partial charge in [-0.2, -0.15) is 0 Å². The largest absolute Gasteiger partial charge is 0.360 e. The zero-order valence-electron chi connectivity index (χ0n) is 10.1. The molecule has 0 fully saturated rings. The SMILES string of the molecule is NCC#Cc1cncc(C(=O)NCc2ccno2)c1. The van der Waals surface area contributed by atoms with Gasteiger partial charge in [-0.3, -0.25) is 9.78 Å². The van der Waals surface area contributed by atoms with Crippen LogP contribution in [0.4, 0.5) is 0 Å². The lowest BCUT2D eigenvalue weighted by molar-refractivity contribution is 0.0946. The van der Waals surface area contributed by atoms with Crippen LogP contribution in [0.15, 0.2) is 35.2 Å². The number of hydrogen-bond donors (Lipinski definition) is 2. The smallest absolute Gasteiger partial charge is 0.253 e. The van der Waals surface area contributed by atoms with E-state index in [1.807, 2.05) is 0 Å². The Hall–Kier alpha value is -2.65. The molecule has 0 unspecified atom stereocenters. The van der Waals surface area contributed by atoms with Gasteiger partial charge in [0.15, 0.2) is 5.76 Å². The predicted molar refractivity (Wildman–Crippen MR) is 67.8 cm³/mol. The van der Waals surface area contributed by atoms with Crippen molar-refractivity contribution in [2.75, 3.05) is 6.54 Å². The van der Waals surface area contributed by atoms with Gasteiger partial charge in [-0.1, -0.05) is 17.0 Å². The summed E-state index contributed by atoms with van der Waals surface area (Å²) in [6.07, 6.45) is 4.57. The highest BCUT2D eigenvalue weighted by Crippen LogP contribution is 2.02. The van der Waals surface area contributed by atoms with E-state index in [2.05, 4.69) is 27.3 Å². The molecular formula is C13H12N4O2. The summed E-state index contributed by atoms with van der Waals surface area (Å²) >= 11 is 0. The summed E-state index contributed by atoms with van der Waals surface area (Å²) in [5.74, 6) is 5.87. The minimum atomic E-state index is -0.250. The maximum Gasteiger partial charge on any atom is 0.253 e.